The molecule has 4 rings (SSSR count). The van der Waals surface area contributed by atoms with Crippen LogP contribution in [0.1, 0.15) is 38.3 Å². The standard InChI is InChI=1S/C34H33FN2O4S/c1-23-9-7-8-12-28(23)30-21-24(13-18-29(30)32(38)36-31(19-20-42-3)34(40)41-2)22-37(27-10-5-4-6-11-27)33(39)25-14-16-26(35)17-15-25/h4-18,21,31H,19-20,22H2,1-3H3,(H,36,38)/t31-/m0/s1. The Morgan fingerprint density at radius 2 is 1.60 bits per heavy atom. The van der Waals surface area contributed by atoms with Crippen molar-refractivity contribution in [1.82, 2.24) is 5.32 Å². The predicted octanol–water partition coefficient (Wildman–Crippen LogP) is 6.67. The van der Waals surface area contributed by atoms with Gasteiger partial charge in [0, 0.05) is 16.8 Å². The third-order valence-corrected chi connectivity index (χ3v) is 7.55. The fourth-order valence-corrected chi connectivity index (χ4v) is 5.14. The number of amides is 2. The number of para-hydroxylation sites is 1. The highest BCUT2D eigenvalue weighted by Crippen LogP contribution is 2.30. The number of benzene rings is 4. The molecule has 1 N–H and O–H groups in total. The van der Waals surface area contributed by atoms with E-state index >= 15 is 0 Å². The van der Waals surface area contributed by atoms with Gasteiger partial charge in [-0.1, -0.05) is 48.5 Å². The molecule has 0 fully saturated rings. The lowest BCUT2D eigenvalue weighted by molar-refractivity contribution is -0.142. The number of thioether (sulfide) groups is 1. The third kappa shape index (κ3) is 7.44. The average Bonchev–Trinajstić information content (AvgIpc) is 3.02. The second kappa shape index (κ2) is 14.5. The molecule has 0 heterocycles. The normalized spacial score (nSPS) is 11.4. The van der Waals surface area contributed by atoms with E-state index in [1.807, 2.05) is 73.8 Å². The number of hydrogen-bond acceptors (Lipinski definition) is 5. The Balaban J connectivity index is 1.74. The number of nitrogens with zero attached hydrogens (tertiary/aromatic N) is 1. The zero-order valence-electron chi connectivity index (χ0n) is 23.8. The number of carbonyl (C=O) groups is 3. The van der Waals surface area contributed by atoms with Gasteiger partial charge < -0.3 is 15.0 Å². The van der Waals surface area contributed by atoms with E-state index in [1.54, 1.807) is 28.8 Å². The van der Waals surface area contributed by atoms with Crippen molar-refractivity contribution in [3.8, 4) is 11.1 Å². The fraction of sp³-hybridized carbons (Fsp3) is 0.206. The number of esters is 1. The molecule has 4 aromatic rings. The summed E-state index contributed by atoms with van der Waals surface area (Å²) >= 11 is 1.58. The van der Waals surface area contributed by atoms with Gasteiger partial charge in [0.2, 0.25) is 0 Å². The number of ether oxygens (including phenoxy) is 1. The first kappa shape index (κ1) is 30.5. The van der Waals surface area contributed by atoms with Crippen molar-refractivity contribution < 1.29 is 23.5 Å². The number of nitrogens with one attached hydrogen (secondary N) is 1. The van der Waals surface area contributed by atoms with E-state index < -0.39 is 23.7 Å². The average molecular weight is 585 g/mol. The molecule has 42 heavy (non-hydrogen) atoms. The highest BCUT2D eigenvalue weighted by molar-refractivity contribution is 7.98. The molecule has 0 spiro atoms. The summed E-state index contributed by atoms with van der Waals surface area (Å²) in [6.07, 6.45) is 2.37. The molecule has 1 atom stereocenters. The zero-order valence-corrected chi connectivity index (χ0v) is 24.6. The third-order valence-electron chi connectivity index (χ3n) is 6.91. The SMILES string of the molecule is COC(=O)[C@H](CCSC)NC(=O)c1ccc(CN(C(=O)c2ccc(F)cc2)c2ccccc2)cc1-c1ccccc1C. The molecule has 0 radical (unpaired) electrons. The number of carbonyl (C=O) groups excluding carboxylic acids is 3. The fourth-order valence-electron chi connectivity index (χ4n) is 4.67. The van der Waals surface area contributed by atoms with Crippen LogP contribution in [0.5, 0.6) is 0 Å². The second-order valence-corrected chi connectivity index (χ2v) is 10.7. The zero-order chi connectivity index (χ0) is 30.1. The smallest absolute Gasteiger partial charge is 0.328 e. The maximum absolute atomic E-state index is 13.6. The summed E-state index contributed by atoms with van der Waals surface area (Å²) in [7, 11) is 1.31. The largest absolute Gasteiger partial charge is 0.467 e. The molecule has 4 aromatic carbocycles. The maximum Gasteiger partial charge on any atom is 0.328 e. The van der Waals surface area contributed by atoms with Gasteiger partial charge >= 0.3 is 5.97 Å². The maximum atomic E-state index is 13.6. The summed E-state index contributed by atoms with van der Waals surface area (Å²) in [5.41, 5.74) is 4.74. The summed E-state index contributed by atoms with van der Waals surface area (Å²) in [4.78, 5) is 41.3. The Kier molecular flexibility index (Phi) is 10.5. The van der Waals surface area contributed by atoms with Crippen LogP contribution in [-0.4, -0.2) is 42.9 Å². The Hall–Kier alpha value is -4.43. The van der Waals surface area contributed by atoms with Gasteiger partial charge in [0.1, 0.15) is 11.9 Å². The van der Waals surface area contributed by atoms with Crippen LogP contribution < -0.4 is 10.2 Å². The summed E-state index contributed by atoms with van der Waals surface area (Å²) < 4.78 is 18.5. The summed E-state index contributed by atoms with van der Waals surface area (Å²) in [5, 5.41) is 2.86. The monoisotopic (exact) mass is 584 g/mol. The summed E-state index contributed by atoms with van der Waals surface area (Å²) in [5.74, 6) is -0.906. The molecule has 6 nitrogen and oxygen atoms in total. The Labute approximate surface area is 249 Å². The highest BCUT2D eigenvalue weighted by Gasteiger charge is 2.25. The van der Waals surface area contributed by atoms with E-state index in [9.17, 15) is 18.8 Å². The predicted molar refractivity (Wildman–Crippen MR) is 166 cm³/mol. The number of halogens is 1. The van der Waals surface area contributed by atoms with Gasteiger partial charge in [-0.3, -0.25) is 9.59 Å². The first-order valence-electron chi connectivity index (χ1n) is 13.5. The molecule has 8 heteroatoms. The van der Waals surface area contributed by atoms with Crippen LogP contribution in [0, 0.1) is 12.7 Å². The Morgan fingerprint density at radius 1 is 0.905 bits per heavy atom. The molecule has 0 unspecified atom stereocenters. The van der Waals surface area contributed by atoms with Gasteiger partial charge in [-0.25, -0.2) is 9.18 Å². The molecule has 0 bridgehead atoms. The lowest BCUT2D eigenvalue weighted by Gasteiger charge is -2.24. The van der Waals surface area contributed by atoms with E-state index in [2.05, 4.69) is 5.32 Å². The van der Waals surface area contributed by atoms with Crippen molar-refractivity contribution in [2.45, 2.75) is 25.9 Å². The van der Waals surface area contributed by atoms with Crippen LogP contribution in [0.3, 0.4) is 0 Å². The first-order chi connectivity index (χ1) is 20.3. The van der Waals surface area contributed by atoms with Crippen LogP contribution in [0.25, 0.3) is 11.1 Å². The molecule has 2 amide bonds. The van der Waals surface area contributed by atoms with E-state index in [-0.39, 0.29) is 12.5 Å². The van der Waals surface area contributed by atoms with E-state index in [0.29, 0.717) is 34.6 Å². The van der Waals surface area contributed by atoms with Crippen molar-refractivity contribution in [2.75, 3.05) is 24.0 Å². The molecule has 0 aromatic heterocycles. The minimum Gasteiger partial charge on any atom is -0.467 e. The topological polar surface area (TPSA) is 75.7 Å². The molecule has 0 aliphatic carbocycles. The summed E-state index contributed by atoms with van der Waals surface area (Å²) in [6.45, 7) is 2.17. The Bertz CT molecular complexity index is 1540. The van der Waals surface area contributed by atoms with Crippen molar-refractivity contribution in [3.05, 3.63) is 125 Å². The lowest BCUT2D eigenvalue weighted by Crippen LogP contribution is -2.42. The van der Waals surface area contributed by atoms with Crippen molar-refractivity contribution in [2.24, 2.45) is 0 Å². The number of hydrogen-bond donors (Lipinski definition) is 1. The molecule has 0 aliphatic rings. The highest BCUT2D eigenvalue weighted by atomic mass is 32.2. The number of anilines is 1. The van der Waals surface area contributed by atoms with E-state index in [1.165, 1.54) is 31.4 Å². The van der Waals surface area contributed by atoms with Crippen LogP contribution in [0.15, 0.2) is 97.1 Å². The van der Waals surface area contributed by atoms with Gasteiger partial charge in [0.25, 0.3) is 11.8 Å². The van der Waals surface area contributed by atoms with Crippen molar-refractivity contribution in [1.29, 1.82) is 0 Å². The van der Waals surface area contributed by atoms with Crippen LogP contribution in [0.2, 0.25) is 0 Å². The lowest BCUT2D eigenvalue weighted by atomic mass is 9.93. The quantitative estimate of drug-likeness (QED) is 0.199. The minimum atomic E-state index is -0.777. The Morgan fingerprint density at radius 3 is 2.26 bits per heavy atom. The number of rotatable bonds is 11. The van der Waals surface area contributed by atoms with Crippen LogP contribution in [0.4, 0.5) is 10.1 Å². The van der Waals surface area contributed by atoms with Crippen LogP contribution in [-0.2, 0) is 16.1 Å². The van der Waals surface area contributed by atoms with Crippen molar-refractivity contribution >= 4 is 35.2 Å². The molecule has 0 saturated carbocycles. The van der Waals surface area contributed by atoms with Gasteiger partial charge in [0.15, 0.2) is 0 Å². The molecular formula is C34H33FN2O4S. The first-order valence-corrected chi connectivity index (χ1v) is 14.9. The van der Waals surface area contributed by atoms with Gasteiger partial charge in [-0.15, -0.1) is 0 Å². The summed E-state index contributed by atoms with van der Waals surface area (Å²) in [6, 6.07) is 27.1. The molecule has 216 valence electrons. The van der Waals surface area contributed by atoms with Gasteiger partial charge in [0.05, 0.1) is 13.7 Å². The van der Waals surface area contributed by atoms with Crippen LogP contribution >= 0.6 is 11.8 Å². The van der Waals surface area contributed by atoms with E-state index in [0.717, 1.165) is 16.7 Å². The number of aryl methyl sites for hydroxylation is 1. The number of methoxy groups -OCH3 is 1. The minimum absolute atomic E-state index is 0.208. The molecule has 0 aliphatic heterocycles. The molecular weight excluding hydrogens is 551 g/mol. The molecule has 0 saturated heterocycles. The van der Waals surface area contributed by atoms with E-state index in [4.69, 9.17) is 4.74 Å². The van der Waals surface area contributed by atoms with Gasteiger partial charge in [-0.2, -0.15) is 11.8 Å². The second-order valence-electron chi connectivity index (χ2n) is 9.76. The van der Waals surface area contributed by atoms with Gasteiger partial charge in [-0.05, 0) is 96.1 Å². The van der Waals surface area contributed by atoms with Crippen molar-refractivity contribution in [3.63, 3.8) is 0 Å².